The van der Waals surface area contributed by atoms with Gasteiger partial charge in [0.2, 0.25) is 0 Å². The van der Waals surface area contributed by atoms with Crippen LogP contribution in [-0.4, -0.2) is 32.1 Å². The summed E-state index contributed by atoms with van der Waals surface area (Å²) in [6.07, 6.45) is -2.04. The van der Waals surface area contributed by atoms with Gasteiger partial charge in [-0.1, -0.05) is 0 Å². The molecule has 3 aromatic rings. The van der Waals surface area contributed by atoms with E-state index in [1.807, 2.05) is 13.0 Å². The molecule has 4 rings (SSSR count). The summed E-state index contributed by atoms with van der Waals surface area (Å²) in [5.74, 6) is 0. The van der Waals surface area contributed by atoms with Gasteiger partial charge in [0.15, 0.2) is 5.65 Å². The Hall–Kier alpha value is -3.10. The van der Waals surface area contributed by atoms with Crippen molar-refractivity contribution in [1.29, 1.82) is 0 Å². The first-order valence-corrected chi connectivity index (χ1v) is 8.37. The zero-order valence-corrected chi connectivity index (χ0v) is 14.4. The highest BCUT2D eigenvalue weighted by Gasteiger charge is 2.30. The van der Waals surface area contributed by atoms with Crippen molar-refractivity contribution in [2.24, 2.45) is 0 Å². The lowest BCUT2D eigenvalue weighted by Crippen LogP contribution is -2.39. The van der Waals surface area contributed by atoms with E-state index >= 15 is 0 Å². The van der Waals surface area contributed by atoms with Crippen LogP contribution < -0.4 is 5.32 Å². The third-order valence-electron chi connectivity index (χ3n) is 4.52. The summed E-state index contributed by atoms with van der Waals surface area (Å²) in [5.41, 5.74) is 3.13. The van der Waals surface area contributed by atoms with Gasteiger partial charge in [0.1, 0.15) is 0 Å². The third kappa shape index (κ3) is 3.32. The molecule has 0 bridgehead atoms. The van der Waals surface area contributed by atoms with Crippen LogP contribution >= 0.6 is 0 Å². The molecule has 140 valence electrons. The van der Waals surface area contributed by atoms with Crippen molar-refractivity contribution in [3.05, 3.63) is 59.0 Å². The van der Waals surface area contributed by atoms with Crippen LogP contribution in [0.2, 0.25) is 0 Å². The molecule has 0 radical (unpaired) electrons. The number of aromatic nitrogens is 3. The van der Waals surface area contributed by atoms with E-state index in [9.17, 15) is 18.0 Å². The number of alkyl halides is 3. The molecule has 1 aliphatic rings. The third-order valence-corrected chi connectivity index (χ3v) is 4.52. The van der Waals surface area contributed by atoms with E-state index in [0.717, 1.165) is 34.7 Å². The Balaban J connectivity index is 1.48. The molecular weight excluding hydrogens is 359 g/mol. The Kier molecular flexibility index (Phi) is 4.01. The largest absolute Gasteiger partial charge is 0.416 e. The molecule has 0 saturated carbocycles. The van der Waals surface area contributed by atoms with Gasteiger partial charge in [-0.05, 0) is 31.2 Å². The fourth-order valence-electron chi connectivity index (χ4n) is 3.17. The molecule has 0 aliphatic carbocycles. The minimum atomic E-state index is -4.40. The van der Waals surface area contributed by atoms with Gasteiger partial charge in [0, 0.05) is 36.5 Å². The Morgan fingerprint density at radius 2 is 1.96 bits per heavy atom. The van der Waals surface area contributed by atoms with Gasteiger partial charge < -0.3 is 10.2 Å². The smallest absolute Gasteiger partial charge is 0.320 e. The van der Waals surface area contributed by atoms with Crippen molar-refractivity contribution >= 4 is 17.4 Å². The first-order chi connectivity index (χ1) is 12.8. The SMILES string of the molecule is Cc1cc2ncc3c(n2n1)CCN(C(=O)Nc1ccc(C(F)(F)F)cc1)C3. The van der Waals surface area contributed by atoms with Crippen LogP contribution in [0.25, 0.3) is 5.65 Å². The Morgan fingerprint density at radius 3 is 2.67 bits per heavy atom. The number of carbonyl (C=O) groups is 1. The van der Waals surface area contributed by atoms with Crippen molar-refractivity contribution in [1.82, 2.24) is 19.5 Å². The van der Waals surface area contributed by atoms with Crippen LogP contribution in [0.15, 0.2) is 36.5 Å². The van der Waals surface area contributed by atoms with Crippen molar-refractivity contribution in [3.8, 4) is 0 Å². The number of halogens is 3. The molecule has 0 saturated heterocycles. The minimum absolute atomic E-state index is 0.315. The van der Waals surface area contributed by atoms with E-state index in [4.69, 9.17) is 0 Å². The number of hydrogen-bond donors (Lipinski definition) is 1. The molecule has 0 atom stereocenters. The van der Waals surface area contributed by atoms with Crippen LogP contribution in [-0.2, 0) is 19.1 Å². The van der Waals surface area contributed by atoms with Gasteiger partial charge in [0.25, 0.3) is 0 Å². The van der Waals surface area contributed by atoms with E-state index in [2.05, 4.69) is 15.4 Å². The van der Waals surface area contributed by atoms with Crippen molar-refractivity contribution in [3.63, 3.8) is 0 Å². The molecule has 2 amide bonds. The number of nitrogens with one attached hydrogen (secondary N) is 1. The highest BCUT2D eigenvalue weighted by Crippen LogP contribution is 2.30. The maximum Gasteiger partial charge on any atom is 0.416 e. The summed E-state index contributed by atoms with van der Waals surface area (Å²) >= 11 is 0. The maximum absolute atomic E-state index is 12.6. The van der Waals surface area contributed by atoms with Gasteiger partial charge >= 0.3 is 12.2 Å². The fourth-order valence-corrected chi connectivity index (χ4v) is 3.17. The molecule has 1 N–H and O–H groups in total. The van der Waals surface area contributed by atoms with E-state index < -0.39 is 11.7 Å². The first kappa shape index (κ1) is 17.3. The number of urea groups is 1. The molecule has 6 nitrogen and oxygen atoms in total. The second kappa shape index (κ2) is 6.26. The molecule has 1 aromatic carbocycles. The normalized spacial score (nSPS) is 14.3. The van der Waals surface area contributed by atoms with Gasteiger partial charge in [-0.2, -0.15) is 18.3 Å². The van der Waals surface area contributed by atoms with Crippen molar-refractivity contribution in [2.75, 3.05) is 11.9 Å². The lowest BCUT2D eigenvalue weighted by atomic mass is 10.1. The Bertz CT molecular complexity index is 1010. The second-order valence-electron chi connectivity index (χ2n) is 6.46. The van der Waals surface area contributed by atoms with E-state index in [-0.39, 0.29) is 6.03 Å². The minimum Gasteiger partial charge on any atom is -0.320 e. The maximum atomic E-state index is 12.6. The van der Waals surface area contributed by atoms with E-state index in [1.165, 1.54) is 12.1 Å². The monoisotopic (exact) mass is 375 g/mol. The van der Waals surface area contributed by atoms with Gasteiger partial charge in [-0.25, -0.2) is 14.3 Å². The molecule has 1 aliphatic heterocycles. The Labute approximate surface area is 152 Å². The van der Waals surface area contributed by atoms with Crippen LogP contribution in [0.3, 0.4) is 0 Å². The molecule has 27 heavy (non-hydrogen) atoms. The van der Waals surface area contributed by atoms with Crippen LogP contribution in [0.5, 0.6) is 0 Å². The molecule has 2 aromatic heterocycles. The number of hydrogen-bond acceptors (Lipinski definition) is 3. The topological polar surface area (TPSA) is 62.5 Å². The fraction of sp³-hybridized carbons (Fsp3) is 0.278. The number of aryl methyl sites for hydroxylation is 1. The van der Waals surface area contributed by atoms with E-state index in [1.54, 1.807) is 15.6 Å². The number of fused-ring (bicyclic) bond motifs is 3. The summed E-state index contributed by atoms with van der Waals surface area (Å²) in [6, 6.07) is 5.91. The Morgan fingerprint density at radius 1 is 1.22 bits per heavy atom. The summed E-state index contributed by atoms with van der Waals surface area (Å²) in [7, 11) is 0. The first-order valence-electron chi connectivity index (χ1n) is 8.37. The van der Waals surface area contributed by atoms with Gasteiger partial charge in [0.05, 0.1) is 23.5 Å². The number of amides is 2. The summed E-state index contributed by atoms with van der Waals surface area (Å²) in [6.45, 7) is 2.74. The number of nitrogens with zero attached hydrogens (tertiary/aromatic N) is 4. The average molecular weight is 375 g/mol. The highest BCUT2D eigenvalue weighted by atomic mass is 19.4. The van der Waals surface area contributed by atoms with Crippen molar-refractivity contribution < 1.29 is 18.0 Å². The predicted molar refractivity (Wildman–Crippen MR) is 92.3 cm³/mol. The number of benzene rings is 1. The average Bonchev–Trinajstić information content (AvgIpc) is 3.01. The van der Waals surface area contributed by atoms with Crippen molar-refractivity contribution in [2.45, 2.75) is 26.1 Å². The number of rotatable bonds is 1. The lowest BCUT2D eigenvalue weighted by molar-refractivity contribution is -0.137. The van der Waals surface area contributed by atoms with E-state index in [0.29, 0.717) is 25.2 Å². The van der Waals surface area contributed by atoms with Crippen LogP contribution in [0.1, 0.15) is 22.5 Å². The lowest BCUT2D eigenvalue weighted by Gasteiger charge is -2.28. The summed E-state index contributed by atoms with van der Waals surface area (Å²) in [5, 5.41) is 7.07. The molecule has 9 heteroatoms. The van der Waals surface area contributed by atoms with Gasteiger partial charge in [-0.15, -0.1) is 0 Å². The quantitative estimate of drug-likeness (QED) is 0.706. The molecular formula is C18H16F3N5O. The van der Waals surface area contributed by atoms with Gasteiger partial charge in [-0.3, -0.25) is 0 Å². The molecule has 3 heterocycles. The zero-order valence-electron chi connectivity index (χ0n) is 14.4. The van der Waals surface area contributed by atoms with Crippen LogP contribution in [0, 0.1) is 6.92 Å². The number of carbonyl (C=O) groups excluding carboxylic acids is 1. The summed E-state index contributed by atoms with van der Waals surface area (Å²) < 4.78 is 39.7. The van der Waals surface area contributed by atoms with Crippen LogP contribution in [0.4, 0.5) is 23.7 Å². The molecule has 0 spiro atoms. The predicted octanol–water partition coefficient (Wildman–Crippen LogP) is 3.65. The number of anilines is 1. The zero-order chi connectivity index (χ0) is 19.2. The summed E-state index contributed by atoms with van der Waals surface area (Å²) in [4.78, 5) is 18.4. The highest BCUT2D eigenvalue weighted by molar-refractivity contribution is 5.89. The molecule has 0 fully saturated rings. The standard InChI is InChI=1S/C18H16F3N5O/c1-11-8-16-22-9-12-10-25(7-6-15(12)26(16)24-11)17(27)23-14-4-2-13(3-5-14)18(19,20)21/h2-5,8-9H,6-7,10H2,1H3,(H,23,27). The second-order valence-corrected chi connectivity index (χ2v) is 6.46. The molecule has 0 unspecified atom stereocenters.